The molecule has 1 aromatic heterocycles. The van der Waals surface area contributed by atoms with Gasteiger partial charge in [-0.15, -0.1) is 0 Å². The van der Waals surface area contributed by atoms with E-state index in [9.17, 15) is 0 Å². The van der Waals surface area contributed by atoms with Gasteiger partial charge in [0.05, 0.1) is 0 Å². The Labute approximate surface area is 74.4 Å². The van der Waals surface area contributed by atoms with E-state index in [0.717, 1.165) is 12.0 Å². The summed E-state index contributed by atoms with van der Waals surface area (Å²) in [5.74, 6) is 0.941. The van der Waals surface area contributed by atoms with Crippen LogP contribution >= 0.6 is 0 Å². The first kappa shape index (κ1) is 7.90. The van der Waals surface area contributed by atoms with E-state index in [0.29, 0.717) is 0 Å². The van der Waals surface area contributed by atoms with E-state index in [4.69, 9.17) is 0 Å². The molecule has 1 heterocycles. The van der Waals surface area contributed by atoms with Crippen molar-refractivity contribution in [3.63, 3.8) is 0 Å². The van der Waals surface area contributed by atoms with Crippen molar-refractivity contribution >= 4 is 0 Å². The van der Waals surface area contributed by atoms with Crippen LogP contribution in [-0.2, 0) is 0 Å². The molecule has 1 nitrogen and oxygen atoms in total. The van der Waals surface area contributed by atoms with Crippen molar-refractivity contribution in [3.05, 3.63) is 23.5 Å². The van der Waals surface area contributed by atoms with Crippen LogP contribution in [0.5, 0.6) is 0 Å². The third-order valence-electron chi connectivity index (χ3n) is 3.04. The first-order valence-electron chi connectivity index (χ1n) is 4.83. The molecule has 0 atom stereocenters. The molecule has 2 rings (SSSR count). The second kappa shape index (κ2) is 2.65. The van der Waals surface area contributed by atoms with Gasteiger partial charge in [0.1, 0.15) is 0 Å². The molecule has 0 unspecified atom stereocenters. The largest absolute Gasteiger partial charge is 0.346 e. The van der Waals surface area contributed by atoms with Gasteiger partial charge < -0.3 is 4.57 Å². The highest BCUT2D eigenvalue weighted by atomic mass is 15.0. The van der Waals surface area contributed by atoms with Crippen LogP contribution in [-0.4, -0.2) is 4.57 Å². The summed E-state index contributed by atoms with van der Waals surface area (Å²) in [4.78, 5) is 0. The summed E-state index contributed by atoms with van der Waals surface area (Å²) in [5, 5.41) is 0. The Morgan fingerprint density at radius 2 is 1.67 bits per heavy atom. The van der Waals surface area contributed by atoms with Gasteiger partial charge in [0.2, 0.25) is 0 Å². The maximum atomic E-state index is 2.49. The summed E-state index contributed by atoms with van der Waals surface area (Å²) >= 11 is 0. The van der Waals surface area contributed by atoms with Crippen molar-refractivity contribution in [2.45, 2.75) is 39.7 Å². The summed E-state index contributed by atoms with van der Waals surface area (Å²) in [7, 11) is 0. The quantitative estimate of drug-likeness (QED) is 0.599. The molecule has 1 aromatic rings. The van der Waals surface area contributed by atoms with Crippen LogP contribution in [0.15, 0.2) is 12.1 Å². The fourth-order valence-electron chi connectivity index (χ4n) is 2.33. The van der Waals surface area contributed by atoms with E-state index in [-0.39, 0.29) is 0 Å². The lowest BCUT2D eigenvalue weighted by molar-refractivity contribution is 0.211. The van der Waals surface area contributed by atoms with Crippen LogP contribution in [0, 0.1) is 19.8 Å². The van der Waals surface area contributed by atoms with E-state index >= 15 is 0 Å². The molecule has 0 saturated heterocycles. The fraction of sp³-hybridized carbons (Fsp3) is 0.636. The Balaban J connectivity index is 2.22. The molecular weight excluding hydrogens is 146 g/mol. The van der Waals surface area contributed by atoms with Gasteiger partial charge in [-0.05, 0) is 44.7 Å². The molecule has 0 bridgehead atoms. The van der Waals surface area contributed by atoms with Gasteiger partial charge in [-0.2, -0.15) is 0 Å². The lowest BCUT2D eigenvalue weighted by atomic mass is 9.81. The highest BCUT2D eigenvalue weighted by molar-refractivity contribution is 5.16. The van der Waals surface area contributed by atoms with Gasteiger partial charge in [0.15, 0.2) is 0 Å². The molecule has 1 saturated carbocycles. The first-order chi connectivity index (χ1) is 5.68. The molecule has 12 heavy (non-hydrogen) atoms. The van der Waals surface area contributed by atoms with Gasteiger partial charge >= 0.3 is 0 Å². The van der Waals surface area contributed by atoms with Crippen LogP contribution in [0.25, 0.3) is 0 Å². The zero-order valence-corrected chi connectivity index (χ0v) is 8.17. The average molecular weight is 163 g/mol. The third-order valence-corrected chi connectivity index (χ3v) is 3.04. The van der Waals surface area contributed by atoms with Crippen molar-refractivity contribution in [1.82, 2.24) is 4.57 Å². The van der Waals surface area contributed by atoms with E-state index in [1.54, 1.807) is 0 Å². The predicted octanol–water partition coefficient (Wildman–Crippen LogP) is 3.08. The van der Waals surface area contributed by atoms with Crippen molar-refractivity contribution in [3.8, 4) is 0 Å². The fourth-order valence-corrected chi connectivity index (χ4v) is 2.33. The second-order valence-corrected chi connectivity index (χ2v) is 4.22. The van der Waals surface area contributed by atoms with Crippen molar-refractivity contribution < 1.29 is 0 Å². The number of nitrogens with zero attached hydrogens (tertiary/aromatic N) is 1. The third kappa shape index (κ3) is 1.08. The van der Waals surface area contributed by atoms with Crippen LogP contribution < -0.4 is 0 Å². The minimum atomic E-state index is 0.801. The smallest absolute Gasteiger partial charge is 0.0340 e. The minimum Gasteiger partial charge on any atom is -0.346 e. The van der Waals surface area contributed by atoms with E-state index in [2.05, 4.69) is 37.5 Å². The summed E-state index contributed by atoms with van der Waals surface area (Å²) in [6, 6.07) is 5.24. The zero-order chi connectivity index (χ0) is 8.72. The summed E-state index contributed by atoms with van der Waals surface area (Å²) < 4.78 is 2.49. The molecule has 0 spiro atoms. The molecule has 1 fully saturated rings. The molecule has 1 aliphatic carbocycles. The normalized spacial score (nSPS) is 28.6. The van der Waals surface area contributed by atoms with Gasteiger partial charge in [-0.3, -0.25) is 0 Å². The maximum Gasteiger partial charge on any atom is 0.0340 e. The monoisotopic (exact) mass is 163 g/mol. The lowest BCUT2D eigenvalue weighted by Gasteiger charge is -2.35. The Morgan fingerprint density at radius 1 is 1.17 bits per heavy atom. The van der Waals surface area contributed by atoms with Gasteiger partial charge in [0.25, 0.3) is 0 Å². The maximum absolute atomic E-state index is 2.49. The number of aryl methyl sites for hydroxylation is 2. The molecule has 0 amide bonds. The average Bonchev–Trinajstić information content (AvgIpc) is 2.26. The van der Waals surface area contributed by atoms with Crippen LogP contribution in [0.3, 0.4) is 0 Å². The number of rotatable bonds is 1. The van der Waals surface area contributed by atoms with Crippen molar-refractivity contribution in [2.75, 3.05) is 0 Å². The standard InChI is InChI=1S/C11H17N/c1-8-6-11(7-8)12-9(2)4-5-10(12)3/h4-5,8,11H,6-7H2,1-3H3. The first-order valence-corrected chi connectivity index (χ1v) is 4.83. The number of aromatic nitrogens is 1. The van der Waals surface area contributed by atoms with Crippen LogP contribution in [0.2, 0.25) is 0 Å². The second-order valence-electron chi connectivity index (χ2n) is 4.22. The number of hydrogen-bond acceptors (Lipinski definition) is 0. The van der Waals surface area contributed by atoms with Gasteiger partial charge in [-0.25, -0.2) is 0 Å². The highest BCUT2D eigenvalue weighted by Gasteiger charge is 2.27. The molecule has 0 aromatic carbocycles. The minimum absolute atomic E-state index is 0.801. The Hall–Kier alpha value is -0.720. The SMILES string of the molecule is Cc1ccc(C)n1C1CC(C)C1. The molecule has 0 aliphatic heterocycles. The van der Waals surface area contributed by atoms with Crippen LogP contribution in [0.4, 0.5) is 0 Å². The van der Waals surface area contributed by atoms with Gasteiger partial charge in [-0.1, -0.05) is 6.92 Å². The van der Waals surface area contributed by atoms with Gasteiger partial charge in [0, 0.05) is 17.4 Å². The molecule has 0 N–H and O–H groups in total. The summed E-state index contributed by atoms with van der Waals surface area (Å²) in [6.07, 6.45) is 2.74. The lowest BCUT2D eigenvalue weighted by Crippen LogP contribution is -2.25. The van der Waals surface area contributed by atoms with Crippen molar-refractivity contribution in [2.24, 2.45) is 5.92 Å². The topological polar surface area (TPSA) is 4.93 Å². The summed E-state index contributed by atoms with van der Waals surface area (Å²) in [5.41, 5.74) is 2.84. The Bertz CT molecular complexity index is 260. The summed E-state index contributed by atoms with van der Waals surface area (Å²) in [6.45, 7) is 6.75. The number of hydrogen-bond donors (Lipinski definition) is 0. The Kier molecular flexibility index (Phi) is 1.75. The molecule has 0 radical (unpaired) electrons. The highest BCUT2D eigenvalue weighted by Crippen LogP contribution is 2.38. The predicted molar refractivity (Wildman–Crippen MR) is 51.3 cm³/mol. The van der Waals surface area contributed by atoms with E-state index in [1.807, 2.05) is 0 Å². The Morgan fingerprint density at radius 3 is 2.08 bits per heavy atom. The molecule has 66 valence electrons. The van der Waals surface area contributed by atoms with E-state index < -0.39 is 0 Å². The molecule has 1 aliphatic rings. The molecule has 1 heteroatoms. The molecular formula is C11H17N. The van der Waals surface area contributed by atoms with Crippen LogP contribution in [0.1, 0.15) is 37.2 Å². The zero-order valence-electron chi connectivity index (χ0n) is 8.17. The van der Waals surface area contributed by atoms with E-state index in [1.165, 1.54) is 24.2 Å². The van der Waals surface area contributed by atoms with Crippen molar-refractivity contribution in [1.29, 1.82) is 0 Å².